The van der Waals surface area contributed by atoms with Gasteiger partial charge in [0.2, 0.25) is 5.91 Å². The Morgan fingerprint density at radius 1 is 1.25 bits per heavy atom. The molecule has 0 radical (unpaired) electrons. The zero-order valence-corrected chi connectivity index (χ0v) is 15.2. The zero-order chi connectivity index (χ0) is 19.8. The Morgan fingerprint density at radius 3 is 2.86 bits per heavy atom. The maximum Gasteiger partial charge on any atom is 0.336 e. The van der Waals surface area contributed by atoms with Crippen molar-refractivity contribution in [2.75, 3.05) is 29.1 Å². The number of carboxylic acid groups (broad SMARTS) is 1. The number of hydrogen-bond acceptors (Lipinski definition) is 5. The molecule has 1 aliphatic rings. The lowest BCUT2D eigenvalue weighted by atomic mass is 9.98. The number of nitrogen functional groups attached to an aromatic ring is 1. The third-order valence-electron chi connectivity index (χ3n) is 4.90. The molecule has 1 amide bonds. The van der Waals surface area contributed by atoms with Crippen LogP contribution in [-0.2, 0) is 4.79 Å². The van der Waals surface area contributed by atoms with Crippen LogP contribution < -0.4 is 15.5 Å². The van der Waals surface area contributed by atoms with Gasteiger partial charge in [0.15, 0.2) is 5.82 Å². The number of fused-ring (bicyclic) bond motifs is 1. The monoisotopic (exact) mass is 377 g/mol. The van der Waals surface area contributed by atoms with Crippen molar-refractivity contribution in [2.24, 2.45) is 0 Å². The highest BCUT2D eigenvalue weighted by atomic mass is 16.4. The summed E-state index contributed by atoms with van der Waals surface area (Å²) in [5.74, 6) is -0.292. The summed E-state index contributed by atoms with van der Waals surface area (Å²) >= 11 is 0. The van der Waals surface area contributed by atoms with Crippen molar-refractivity contribution in [3.05, 3.63) is 54.2 Å². The third-order valence-corrected chi connectivity index (χ3v) is 4.90. The van der Waals surface area contributed by atoms with Gasteiger partial charge in [-0.15, -0.1) is 0 Å². The lowest BCUT2D eigenvalue weighted by Crippen LogP contribution is -2.25. The maximum absolute atomic E-state index is 12.3. The molecule has 8 nitrogen and oxygen atoms in total. The molecular formula is C20H19N5O3. The molecule has 4 rings (SSSR count). The van der Waals surface area contributed by atoms with Gasteiger partial charge in [-0.1, -0.05) is 12.1 Å². The Hall–Kier alpha value is -3.81. The number of nitrogens with zero attached hydrogens (tertiary/aromatic N) is 3. The Bertz CT molecular complexity index is 1080. The highest BCUT2D eigenvalue weighted by Gasteiger charge is 2.26. The van der Waals surface area contributed by atoms with Crippen LogP contribution in [0.15, 0.2) is 48.7 Å². The van der Waals surface area contributed by atoms with E-state index in [9.17, 15) is 14.7 Å². The fraction of sp³-hybridized carbons (Fsp3) is 0.150. The Kier molecular flexibility index (Phi) is 4.23. The molecule has 8 heteroatoms. The Balaban J connectivity index is 1.81. The SMILES string of the molecule is CN1C(=O)CCN(c2cccc(-c3cc(N)ccc3C(=O)O)c2)c2[nH]ncc21. The van der Waals surface area contributed by atoms with E-state index < -0.39 is 5.97 Å². The summed E-state index contributed by atoms with van der Waals surface area (Å²) in [6, 6.07) is 12.2. The summed E-state index contributed by atoms with van der Waals surface area (Å²) < 4.78 is 0. The van der Waals surface area contributed by atoms with Gasteiger partial charge in [0, 0.05) is 31.4 Å². The van der Waals surface area contributed by atoms with Gasteiger partial charge in [-0.25, -0.2) is 4.79 Å². The summed E-state index contributed by atoms with van der Waals surface area (Å²) in [5, 5.41) is 16.6. The van der Waals surface area contributed by atoms with Gasteiger partial charge >= 0.3 is 5.97 Å². The van der Waals surface area contributed by atoms with Crippen LogP contribution in [0.2, 0.25) is 0 Å². The first-order valence-corrected chi connectivity index (χ1v) is 8.76. The van der Waals surface area contributed by atoms with Gasteiger partial charge in [-0.3, -0.25) is 9.89 Å². The number of aromatic carboxylic acids is 1. The summed E-state index contributed by atoms with van der Waals surface area (Å²) in [4.78, 5) is 27.5. The van der Waals surface area contributed by atoms with Crippen molar-refractivity contribution in [2.45, 2.75) is 6.42 Å². The maximum atomic E-state index is 12.3. The molecule has 0 saturated heterocycles. The van der Waals surface area contributed by atoms with Gasteiger partial charge in [-0.2, -0.15) is 5.10 Å². The zero-order valence-electron chi connectivity index (χ0n) is 15.2. The molecule has 142 valence electrons. The number of carbonyl (C=O) groups is 2. The van der Waals surface area contributed by atoms with Gasteiger partial charge in [0.05, 0.1) is 11.8 Å². The first-order valence-electron chi connectivity index (χ1n) is 8.76. The van der Waals surface area contributed by atoms with Crippen LogP contribution in [0.3, 0.4) is 0 Å². The number of rotatable bonds is 3. The number of H-pyrrole nitrogens is 1. The molecule has 0 aliphatic carbocycles. The second-order valence-corrected chi connectivity index (χ2v) is 6.62. The van der Waals surface area contributed by atoms with E-state index in [1.165, 1.54) is 6.07 Å². The van der Waals surface area contributed by atoms with E-state index in [0.717, 1.165) is 17.1 Å². The predicted octanol–water partition coefficient (Wildman–Crippen LogP) is 2.86. The van der Waals surface area contributed by atoms with Crippen LogP contribution >= 0.6 is 0 Å². The molecule has 3 aromatic rings. The number of aromatic nitrogens is 2. The molecule has 0 saturated carbocycles. The quantitative estimate of drug-likeness (QED) is 0.605. The largest absolute Gasteiger partial charge is 0.478 e. The molecule has 0 bridgehead atoms. The van der Waals surface area contributed by atoms with E-state index in [1.54, 1.807) is 30.3 Å². The van der Waals surface area contributed by atoms with Crippen molar-refractivity contribution in [3.8, 4) is 11.1 Å². The summed E-state index contributed by atoms with van der Waals surface area (Å²) in [6.45, 7) is 0.477. The summed E-state index contributed by atoms with van der Waals surface area (Å²) in [5.41, 5.74) is 9.35. The molecule has 28 heavy (non-hydrogen) atoms. The molecule has 2 aromatic carbocycles. The van der Waals surface area contributed by atoms with Crippen LogP contribution in [-0.4, -0.2) is 40.8 Å². The summed E-state index contributed by atoms with van der Waals surface area (Å²) in [6.07, 6.45) is 1.97. The minimum atomic E-state index is -1.02. The van der Waals surface area contributed by atoms with E-state index in [1.807, 2.05) is 29.2 Å². The molecule has 0 fully saturated rings. The van der Waals surface area contributed by atoms with E-state index in [-0.39, 0.29) is 11.5 Å². The molecule has 1 aliphatic heterocycles. The van der Waals surface area contributed by atoms with E-state index in [0.29, 0.717) is 29.9 Å². The van der Waals surface area contributed by atoms with Gasteiger partial charge in [0.1, 0.15) is 5.69 Å². The van der Waals surface area contributed by atoms with Crippen molar-refractivity contribution < 1.29 is 14.7 Å². The fourth-order valence-corrected chi connectivity index (χ4v) is 3.43. The number of amides is 1. The first kappa shape index (κ1) is 17.6. The number of aromatic amines is 1. The van der Waals surface area contributed by atoms with E-state index in [2.05, 4.69) is 10.2 Å². The predicted molar refractivity (Wildman–Crippen MR) is 107 cm³/mol. The number of carbonyl (C=O) groups excluding carboxylic acids is 1. The second kappa shape index (κ2) is 6.73. The molecule has 0 unspecified atom stereocenters. The molecule has 0 atom stereocenters. The molecule has 2 heterocycles. The van der Waals surface area contributed by atoms with Gasteiger partial charge < -0.3 is 20.6 Å². The number of anilines is 4. The normalized spacial score (nSPS) is 14.0. The van der Waals surface area contributed by atoms with Crippen molar-refractivity contribution in [1.82, 2.24) is 10.2 Å². The number of benzene rings is 2. The number of nitrogens with two attached hydrogens (primary N) is 1. The smallest absolute Gasteiger partial charge is 0.336 e. The number of carboxylic acids is 1. The third kappa shape index (κ3) is 2.94. The standard InChI is InChI=1S/C20H19N5O3/c1-24-17-11-22-23-19(17)25(8-7-18(24)26)14-4-2-3-12(9-14)16-10-13(21)5-6-15(16)20(27)28/h2-6,9-11H,7-8,21H2,1H3,(H,22,23)(H,27,28). The molecule has 4 N–H and O–H groups in total. The number of hydrogen-bond donors (Lipinski definition) is 3. The lowest BCUT2D eigenvalue weighted by Gasteiger charge is -2.23. The highest BCUT2D eigenvalue weighted by Crippen LogP contribution is 2.37. The second-order valence-electron chi connectivity index (χ2n) is 6.62. The first-order chi connectivity index (χ1) is 13.5. The van der Waals surface area contributed by atoms with Crippen molar-refractivity contribution in [3.63, 3.8) is 0 Å². The molecular weight excluding hydrogens is 358 g/mol. The Morgan fingerprint density at radius 2 is 2.07 bits per heavy atom. The van der Waals surface area contributed by atoms with Crippen molar-refractivity contribution in [1.29, 1.82) is 0 Å². The van der Waals surface area contributed by atoms with E-state index >= 15 is 0 Å². The van der Waals surface area contributed by atoms with Gasteiger partial charge in [-0.05, 0) is 41.5 Å². The lowest BCUT2D eigenvalue weighted by molar-refractivity contribution is -0.118. The van der Waals surface area contributed by atoms with E-state index in [4.69, 9.17) is 5.73 Å². The molecule has 1 aromatic heterocycles. The minimum absolute atomic E-state index is 0.00491. The number of nitrogens with one attached hydrogen (secondary N) is 1. The van der Waals surface area contributed by atoms with Crippen molar-refractivity contribution >= 4 is 34.8 Å². The van der Waals surface area contributed by atoms with Gasteiger partial charge in [0.25, 0.3) is 0 Å². The van der Waals surface area contributed by atoms with Crippen LogP contribution in [0.1, 0.15) is 16.8 Å². The average Bonchev–Trinajstić information content (AvgIpc) is 3.12. The molecule has 0 spiro atoms. The van der Waals surface area contributed by atoms with Crippen LogP contribution in [0.25, 0.3) is 11.1 Å². The van der Waals surface area contributed by atoms with Crippen LogP contribution in [0.5, 0.6) is 0 Å². The summed E-state index contributed by atoms with van der Waals surface area (Å²) in [7, 11) is 1.72. The van der Waals surface area contributed by atoms with Crippen LogP contribution in [0.4, 0.5) is 22.9 Å². The topological polar surface area (TPSA) is 116 Å². The highest BCUT2D eigenvalue weighted by molar-refractivity contribution is 5.99. The Labute approximate surface area is 161 Å². The fourth-order valence-electron chi connectivity index (χ4n) is 3.43. The minimum Gasteiger partial charge on any atom is -0.478 e. The van der Waals surface area contributed by atoms with Crippen LogP contribution in [0, 0.1) is 0 Å². The average molecular weight is 377 g/mol.